The van der Waals surface area contributed by atoms with Crippen LogP contribution < -0.4 is 10.6 Å². The van der Waals surface area contributed by atoms with E-state index in [1.165, 1.54) is 15.6 Å². The number of aromatic nitrogens is 1. The summed E-state index contributed by atoms with van der Waals surface area (Å²) < 4.78 is 0. The maximum absolute atomic E-state index is 12.7. The largest absolute Gasteiger partial charge is 0.481 e. The van der Waals surface area contributed by atoms with Crippen LogP contribution in [0.3, 0.4) is 0 Å². The fourth-order valence-corrected chi connectivity index (χ4v) is 6.19. The van der Waals surface area contributed by atoms with Crippen LogP contribution in [-0.2, 0) is 22.4 Å². The van der Waals surface area contributed by atoms with Crippen molar-refractivity contribution in [3.63, 3.8) is 0 Å². The monoisotopic (exact) mass is 405 g/mol. The Bertz CT molecular complexity index is 680. The van der Waals surface area contributed by atoms with Gasteiger partial charge < -0.3 is 15.7 Å². The van der Waals surface area contributed by atoms with Crippen molar-refractivity contribution in [3.8, 4) is 0 Å². The van der Waals surface area contributed by atoms with Crippen molar-refractivity contribution in [2.75, 3.05) is 13.1 Å². The molecular weight excluding hydrogens is 374 g/mol. The highest BCUT2D eigenvalue weighted by atomic mass is 32.1. The molecule has 2 fully saturated rings. The molecule has 1 amide bonds. The van der Waals surface area contributed by atoms with Crippen molar-refractivity contribution < 1.29 is 14.7 Å². The maximum Gasteiger partial charge on any atom is 0.306 e. The lowest BCUT2D eigenvalue weighted by molar-refractivity contribution is -0.142. The number of nitrogens with zero attached hydrogens (tertiary/aromatic N) is 1. The van der Waals surface area contributed by atoms with Crippen LogP contribution in [0.25, 0.3) is 0 Å². The number of aliphatic carboxylic acids is 1. The Morgan fingerprint density at radius 3 is 2.36 bits per heavy atom. The Morgan fingerprint density at radius 2 is 1.64 bits per heavy atom. The molecule has 3 N–H and O–H groups in total. The number of carboxylic acids is 1. The average Bonchev–Trinajstić information content (AvgIpc) is 2.99. The SMILES string of the molecule is O=C(O)C1CCC(NC(=O)C2CCC(c3nc4c(s3)CCNCC4)CC2)CC1. The predicted octanol–water partition coefficient (Wildman–Crippen LogP) is 2.86. The van der Waals surface area contributed by atoms with Crippen LogP contribution in [0.4, 0.5) is 0 Å². The number of carbonyl (C=O) groups is 2. The summed E-state index contributed by atoms with van der Waals surface area (Å²) in [6.45, 7) is 2.08. The maximum atomic E-state index is 12.7. The van der Waals surface area contributed by atoms with E-state index < -0.39 is 5.97 Å². The number of thiazole rings is 1. The second-order valence-electron chi connectivity index (χ2n) is 8.62. The number of nitrogens with one attached hydrogen (secondary N) is 2. The predicted molar refractivity (Wildman–Crippen MR) is 109 cm³/mol. The van der Waals surface area contributed by atoms with Gasteiger partial charge in [0.15, 0.2) is 0 Å². The molecule has 28 heavy (non-hydrogen) atoms. The molecule has 7 heteroatoms. The van der Waals surface area contributed by atoms with Crippen LogP contribution in [-0.4, -0.2) is 41.1 Å². The summed E-state index contributed by atoms with van der Waals surface area (Å²) in [6.07, 6.45) is 9.04. The molecule has 0 spiro atoms. The number of hydrogen-bond donors (Lipinski definition) is 3. The Labute approximate surface area is 170 Å². The molecule has 1 aromatic heterocycles. The van der Waals surface area contributed by atoms with Crippen molar-refractivity contribution in [3.05, 3.63) is 15.6 Å². The zero-order valence-corrected chi connectivity index (χ0v) is 17.2. The zero-order valence-electron chi connectivity index (χ0n) is 16.4. The second kappa shape index (κ2) is 8.91. The first-order valence-electron chi connectivity index (χ1n) is 10.8. The van der Waals surface area contributed by atoms with Gasteiger partial charge in [-0.05, 0) is 57.8 Å². The number of carbonyl (C=O) groups excluding carboxylic acids is 1. The van der Waals surface area contributed by atoms with Crippen LogP contribution in [0.1, 0.15) is 72.9 Å². The van der Waals surface area contributed by atoms with Gasteiger partial charge in [-0.3, -0.25) is 9.59 Å². The molecule has 2 heterocycles. The molecule has 0 radical (unpaired) electrons. The van der Waals surface area contributed by atoms with Gasteiger partial charge in [0.2, 0.25) is 5.91 Å². The van der Waals surface area contributed by atoms with Gasteiger partial charge >= 0.3 is 5.97 Å². The second-order valence-corrected chi connectivity index (χ2v) is 9.73. The highest BCUT2D eigenvalue weighted by Gasteiger charge is 2.32. The molecule has 0 bridgehead atoms. The summed E-state index contributed by atoms with van der Waals surface area (Å²) in [5, 5.41) is 17.0. The smallest absolute Gasteiger partial charge is 0.306 e. The average molecular weight is 406 g/mol. The first-order valence-corrected chi connectivity index (χ1v) is 11.6. The van der Waals surface area contributed by atoms with E-state index in [9.17, 15) is 9.59 Å². The third-order valence-corrected chi connectivity index (χ3v) is 8.05. The standard InChI is InChI=1S/C21H31N3O3S/c25-19(23-16-7-5-15(6-8-16)21(26)27)13-1-3-14(4-2-13)20-24-17-9-11-22-12-10-18(17)28-20/h13-16,22H,1-12H2,(H,23,25)(H,26,27). The van der Waals surface area contributed by atoms with Crippen LogP contribution in [0.2, 0.25) is 0 Å². The van der Waals surface area contributed by atoms with E-state index in [0.717, 1.165) is 64.5 Å². The van der Waals surface area contributed by atoms with Gasteiger partial charge in [-0.1, -0.05) is 0 Å². The minimum absolute atomic E-state index is 0.107. The third-order valence-electron chi connectivity index (χ3n) is 6.73. The van der Waals surface area contributed by atoms with E-state index in [1.54, 1.807) is 0 Å². The topological polar surface area (TPSA) is 91.3 Å². The zero-order chi connectivity index (χ0) is 19.5. The quantitative estimate of drug-likeness (QED) is 0.716. The molecule has 2 aliphatic carbocycles. The van der Waals surface area contributed by atoms with Crippen LogP contribution >= 0.6 is 11.3 Å². The van der Waals surface area contributed by atoms with E-state index in [1.807, 2.05) is 11.3 Å². The Morgan fingerprint density at radius 1 is 0.964 bits per heavy atom. The Balaban J connectivity index is 1.25. The van der Waals surface area contributed by atoms with Gasteiger partial charge in [-0.15, -0.1) is 11.3 Å². The Kier molecular flexibility index (Phi) is 6.31. The van der Waals surface area contributed by atoms with E-state index in [0.29, 0.717) is 18.8 Å². The highest BCUT2D eigenvalue weighted by Crippen LogP contribution is 2.39. The molecule has 154 valence electrons. The number of rotatable bonds is 4. The lowest BCUT2D eigenvalue weighted by atomic mass is 9.81. The number of amides is 1. The fraction of sp³-hybridized carbons (Fsp3) is 0.762. The minimum Gasteiger partial charge on any atom is -0.481 e. The van der Waals surface area contributed by atoms with E-state index in [2.05, 4.69) is 10.6 Å². The summed E-state index contributed by atoms with van der Waals surface area (Å²) in [5.74, 6) is -0.125. The van der Waals surface area contributed by atoms with Gasteiger partial charge in [-0.2, -0.15) is 0 Å². The fourth-order valence-electron chi connectivity index (χ4n) is 4.91. The summed E-state index contributed by atoms with van der Waals surface area (Å²) in [7, 11) is 0. The molecule has 0 aromatic carbocycles. The van der Waals surface area contributed by atoms with Crippen molar-refractivity contribution in [1.29, 1.82) is 0 Å². The molecule has 0 atom stereocenters. The lowest BCUT2D eigenvalue weighted by Gasteiger charge is -2.31. The van der Waals surface area contributed by atoms with Gasteiger partial charge in [0, 0.05) is 42.3 Å². The summed E-state index contributed by atoms with van der Waals surface area (Å²) in [6, 6.07) is 0.157. The van der Waals surface area contributed by atoms with Gasteiger partial charge in [-0.25, -0.2) is 4.98 Å². The van der Waals surface area contributed by atoms with Gasteiger partial charge in [0.25, 0.3) is 0 Å². The van der Waals surface area contributed by atoms with Gasteiger partial charge in [0.1, 0.15) is 0 Å². The molecule has 6 nitrogen and oxygen atoms in total. The molecule has 0 saturated heterocycles. The minimum atomic E-state index is -0.696. The molecule has 2 saturated carbocycles. The van der Waals surface area contributed by atoms with Gasteiger partial charge in [0.05, 0.1) is 16.6 Å². The molecule has 4 rings (SSSR count). The highest BCUT2D eigenvalue weighted by molar-refractivity contribution is 7.11. The first-order chi connectivity index (χ1) is 13.6. The summed E-state index contributed by atoms with van der Waals surface area (Å²) in [5.41, 5.74) is 1.29. The van der Waals surface area contributed by atoms with E-state index in [-0.39, 0.29) is 23.8 Å². The van der Waals surface area contributed by atoms with E-state index >= 15 is 0 Å². The van der Waals surface area contributed by atoms with E-state index in [4.69, 9.17) is 10.1 Å². The van der Waals surface area contributed by atoms with Crippen LogP contribution in [0, 0.1) is 11.8 Å². The van der Waals surface area contributed by atoms with Crippen molar-refractivity contribution >= 4 is 23.2 Å². The van der Waals surface area contributed by atoms with Crippen LogP contribution in [0.5, 0.6) is 0 Å². The number of carboxylic acid groups (broad SMARTS) is 1. The van der Waals surface area contributed by atoms with Crippen molar-refractivity contribution in [2.24, 2.45) is 11.8 Å². The number of fused-ring (bicyclic) bond motifs is 1. The summed E-state index contributed by atoms with van der Waals surface area (Å²) >= 11 is 1.90. The molecular formula is C21H31N3O3S. The molecule has 3 aliphatic rings. The summed E-state index contributed by atoms with van der Waals surface area (Å²) in [4.78, 5) is 30.1. The normalized spacial score (nSPS) is 30.9. The molecule has 0 unspecified atom stereocenters. The molecule has 1 aromatic rings. The Hall–Kier alpha value is -1.47. The first kappa shape index (κ1) is 19.8. The van der Waals surface area contributed by atoms with Crippen molar-refractivity contribution in [2.45, 2.75) is 76.2 Å². The third kappa shape index (κ3) is 4.57. The van der Waals surface area contributed by atoms with Crippen LogP contribution in [0.15, 0.2) is 0 Å². The van der Waals surface area contributed by atoms with Crippen molar-refractivity contribution in [1.82, 2.24) is 15.6 Å². The number of hydrogen-bond acceptors (Lipinski definition) is 5. The molecule has 1 aliphatic heterocycles. The lowest BCUT2D eigenvalue weighted by Crippen LogP contribution is -2.42.